The Kier molecular flexibility index (Phi) is 3.79. The third-order valence-corrected chi connectivity index (χ3v) is 3.72. The van der Waals surface area contributed by atoms with Crippen molar-refractivity contribution in [1.82, 2.24) is 0 Å². The van der Waals surface area contributed by atoms with Crippen LogP contribution in [0.2, 0.25) is 0 Å². The van der Waals surface area contributed by atoms with Crippen LogP contribution in [0.5, 0.6) is 0 Å². The van der Waals surface area contributed by atoms with Gasteiger partial charge < -0.3 is 5.73 Å². The van der Waals surface area contributed by atoms with E-state index < -0.39 is 0 Å². The zero-order chi connectivity index (χ0) is 11.4. The van der Waals surface area contributed by atoms with E-state index in [0.717, 1.165) is 5.92 Å². The number of nitrogens with two attached hydrogens (primary N) is 1. The lowest BCUT2D eigenvalue weighted by Crippen LogP contribution is -2.11. The number of rotatable bonds is 3. The molecule has 0 aromatic heterocycles. The molecule has 1 aliphatic carbocycles. The molecule has 1 aromatic carbocycles. The summed E-state index contributed by atoms with van der Waals surface area (Å²) in [5, 5.41) is 0. The van der Waals surface area contributed by atoms with Gasteiger partial charge in [-0.3, -0.25) is 0 Å². The highest BCUT2D eigenvalue weighted by atomic mass is 14.5. The first kappa shape index (κ1) is 11.4. The average molecular weight is 215 g/mol. The van der Waals surface area contributed by atoms with Crippen molar-refractivity contribution in [3.05, 3.63) is 41.5 Å². The van der Waals surface area contributed by atoms with Crippen molar-refractivity contribution in [3.63, 3.8) is 0 Å². The van der Waals surface area contributed by atoms with E-state index in [-0.39, 0.29) is 0 Å². The van der Waals surface area contributed by atoms with Crippen molar-refractivity contribution in [2.45, 2.75) is 44.6 Å². The highest BCUT2D eigenvalue weighted by molar-refractivity contribution is 5.55. The fourth-order valence-corrected chi connectivity index (χ4v) is 2.85. The van der Waals surface area contributed by atoms with E-state index in [1.807, 2.05) is 6.08 Å². The highest BCUT2D eigenvalue weighted by Crippen LogP contribution is 2.35. The molecule has 0 amide bonds. The summed E-state index contributed by atoms with van der Waals surface area (Å²) in [4.78, 5) is 0. The first-order chi connectivity index (χ1) is 7.86. The highest BCUT2D eigenvalue weighted by Gasteiger charge is 2.18. The second-order valence-electron chi connectivity index (χ2n) is 4.66. The van der Waals surface area contributed by atoms with Crippen LogP contribution in [0.25, 0.3) is 6.08 Å². The predicted octanol–water partition coefficient (Wildman–Crippen LogP) is 3.84. The Bertz CT molecular complexity index is 362. The molecule has 1 aromatic rings. The third-order valence-electron chi connectivity index (χ3n) is 3.72. The lowest BCUT2D eigenvalue weighted by molar-refractivity contribution is 0.441. The molecular weight excluding hydrogens is 194 g/mol. The molecule has 16 heavy (non-hydrogen) atoms. The van der Waals surface area contributed by atoms with E-state index in [1.54, 1.807) is 0 Å². The van der Waals surface area contributed by atoms with Crippen LogP contribution in [0.15, 0.2) is 24.8 Å². The van der Waals surface area contributed by atoms with Gasteiger partial charge in [0, 0.05) is 6.54 Å². The first-order valence-corrected chi connectivity index (χ1v) is 6.31. The van der Waals surface area contributed by atoms with Crippen LogP contribution in [-0.4, -0.2) is 0 Å². The van der Waals surface area contributed by atoms with Gasteiger partial charge in [-0.25, -0.2) is 0 Å². The van der Waals surface area contributed by atoms with Gasteiger partial charge in [0.05, 0.1) is 0 Å². The smallest absolute Gasteiger partial charge is 0.0186 e. The maximum atomic E-state index is 5.89. The Morgan fingerprint density at radius 3 is 2.62 bits per heavy atom. The summed E-state index contributed by atoms with van der Waals surface area (Å²) in [6, 6.07) is 6.51. The Balaban J connectivity index is 2.34. The van der Waals surface area contributed by atoms with Crippen LogP contribution in [0.4, 0.5) is 0 Å². The van der Waals surface area contributed by atoms with Crippen LogP contribution < -0.4 is 5.73 Å². The molecule has 1 saturated carbocycles. The normalized spacial score (nSPS) is 17.3. The number of hydrogen-bond acceptors (Lipinski definition) is 1. The molecule has 1 heteroatoms. The second-order valence-corrected chi connectivity index (χ2v) is 4.66. The summed E-state index contributed by atoms with van der Waals surface area (Å²) in [5.41, 5.74) is 9.88. The molecular formula is C15H21N. The quantitative estimate of drug-likeness (QED) is 0.814. The molecule has 0 saturated heterocycles. The number of benzene rings is 1. The zero-order valence-corrected chi connectivity index (χ0v) is 9.91. The molecule has 0 heterocycles. The Labute approximate surface area is 98.4 Å². The maximum Gasteiger partial charge on any atom is 0.0186 e. The summed E-state index contributed by atoms with van der Waals surface area (Å²) in [7, 11) is 0. The van der Waals surface area contributed by atoms with Crippen LogP contribution in [0.1, 0.15) is 54.7 Å². The lowest BCUT2D eigenvalue weighted by atomic mass is 9.81. The average Bonchev–Trinajstić information content (AvgIpc) is 2.38. The third kappa shape index (κ3) is 2.19. The molecule has 1 nitrogen and oxygen atoms in total. The van der Waals surface area contributed by atoms with E-state index in [0.29, 0.717) is 6.54 Å². The van der Waals surface area contributed by atoms with Crippen molar-refractivity contribution in [2.24, 2.45) is 5.73 Å². The summed E-state index contributed by atoms with van der Waals surface area (Å²) >= 11 is 0. The summed E-state index contributed by atoms with van der Waals surface area (Å²) in [6.45, 7) is 4.50. The van der Waals surface area contributed by atoms with Crippen LogP contribution in [0, 0.1) is 0 Å². The molecule has 0 unspecified atom stereocenters. The van der Waals surface area contributed by atoms with Crippen molar-refractivity contribution in [1.29, 1.82) is 0 Å². The summed E-state index contributed by atoms with van der Waals surface area (Å²) in [5.74, 6) is 0.729. The minimum absolute atomic E-state index is 0.633. The monoisotopic (exact) mass is 215 g/mol. The molecule has 0 spiro atoms. The Morgan fingerprint density at radius 2 is 2.00 bits per heavy atom. The van der Waals surface area contributed by atoms with E-state index >= 15 is 0 Å². The maximum absolute atomic E-state index is 5.89. The molecule has 0 atom stereocenters. The van der Waals surface area contributed by atoms with Crippen molar-refractivity contribution >= 4 is 6.08 Å². The van der Waals surface area contributed by atoms with Gasteiger partial charge in [0.15, 0.2) is 0 Å². The van der Waals surface area contributed by atoms with E-state index in [9.17, 15) is 0 Å². The second kappa shape index (κ2) is 5.31. The van der Waals surface area contributed by atoms with Crippen molar-refractivity contribution in [3.8, 4) is 0 Å². The lowest BCUT2D eigenvalue weighted by Gasteiger charge is -2.25. The van der Waals surface area contributed by atoms with Crippen molar-refractivity contribution in [2.75, 3.05) is 0 Å². The minimum Gasteiger partial charge on any atom is -0.326 e. The molecule has 0 radical (unpaired) electrons. The Morgan fingerprint density at radius 1 is 1.25 bits per heavy atom. The van der Waals surface area contributed by atoms with Gasteiger partial charge in [0.2, 0.25) is 0 Å². The van der Waals surface area contributed by atoms with Gasteiger partial charge in [-0.05, 0) is 35.4 Å². The minimum atomic E-state index is 0.633. The van der Waals surface area contributed by atoms with Crippen molar-refractivity contribution < 1.29 is 0 Å². The molecule has 1 aliphatic rings. The first-order valence-electron chi connectivity index (χ1n) is 6.31. The van der Waals surface area contributed by atoms with E-state index in [1.165, 1.54) is 48.8 Å². The van der Waals surface area contributed by atoms with Gasteiger partial charge in [0.25, 0.3) is 0 Å². The molecule has 1 fully saturated rings. The molecule has 0 aliphatic heterocycles. The standard InChI is InChI=1S/C15H21N/c1-2-12-9-6-10-14(15(12)11-16)13-7-4-3-5-8-13/h2,6,9-10,13H,1,3-5,7-8,11,16H2. The van der Waals surface area contributed by atoms with Crippen LogP contribution in [-0.2, 0) is 6.54 Å². The predicted molar refractivity (Wildman–Crippen MR) is 70.3 cm³/mol. The topological polar surface area (TPSA) is 26.0 Å². The Hall–Kier alpha value is -1.08. The zero-order valence-electron chi connectivity index (χ0n) is 9.91. The van der Waals surface area contributed by atoms with Gasteiger partial charge in [-0.1, -0.05) is 50.1 Å². The number of hydrogen-bond donors (Lipinski definition) is 1. The van der Waals surface area contributed by atoms with Gasteiger partial charge >= 0.3 is 0 Å². The molecule has 2 rings (SSSR count). The van der Waals surface area contributed by atoms with Gasteiger partial charge in [-0.2, -0.15) is 0 Å². The fraction of sp³-hybridized carbons (Fsp3) is 0.467. The largest absolute Gasteiger partial charge is 0.326 e. The van der Waals surface area contributed by atoms with Crippen LogP contribution >= 0.6 is 0 Å². The van der Waals surface area contributed by atoms with Crippen LogP contribution in [0.3, 0.4) is 0 Å². The van der Waals surface area contributed by atoms with E-state index in [2.05, 4.69) is 24.8 Å². The van der Waals surface area contributed by atoms with Gasteiger partial charge in [0.1, 0.15) is 0 Å². The fourth-order valence-electron chi connectivity index (χ4n) is 2.85. The summed E-state index contributed by atoms with van der Waals surface area (Å²) < 4.78 is 0. The summed E-state index contributed by atoms with van der Waals surface area (Å²) in [6.07, 6.45) is 8.71. The molecule has 86 valence electrons. The molecule has 0 bridgehead atoms. The SMILES string of the molecule is C=Cc1cccc(C2CCCCC2)c1CN. The van der Waals surface area contributed by atoms with E-state index in [4.69, 9.17) is 5.73 Å². The molecule has 2 N–H and O–H groups in total. The van der Waals surface area contributed by atoms with Gasteiger partial charge in [-0.15, -0.1) is 0 Å².